The van der Waals surface area contributed by atoms with E-state index in [0.29, 0.717) is 0 Å². The minimum absolute atomic E-state index is 0.861. The molecule has 1 aromatic heterocycles. The van der Waals surface area contributed by atoms with Crippen molar-refractivity contribution in [3.05, 3.63) is 47.5 Å². The molecule has 0 N–H and O–H groups in total. The van der Waals surface area contributed by atoms with Crippen LogP contribution in [0.25, 0.3) is 0 Å². The van der Waals surface area contributed by atoms with Gasteiger partial charge in [0.05, 0.1) is 6.54 Å². The molecule has 1 heterocycles. The maximum atomic E-state index is 3.82. The average Bonchev–Trinajstić information content (AvgIpc) is 2.82. The monoisotopic (exact) mass is 215 g/mol. The van der Waals surface area contributed by atoms with Crippen molar-refractivity contribution in [3.8, 4) is 0 Å². The highest BCUT2D eigenvalue weighted by Gasteiger charge is 2.02. The Hall–Kier alpha value is -1.64. The zero-order chi connectivity index (χ0) is 11.4. The smallest absolute Gasteiger partial charge is 0.119 e. The van der Waals surface area contributed by atoms with Crippen molar-refractivity contribution in [2.75, 3.05) is 0 Å². The summed E-state index contributed by atoms with van der Waals surface area (Å²) >= 11 is 0. The minimum atomic E-state index is 0.861. The number of hydrogen-bond donors (Lipinski definition) is 0. The van der Waals surface area contributed by atoms with Gasteiger partial charge >= 0.3 is 0 Å². The van der Waals surface area contributed by atoms with Crippen LogP contribution in [0.4, 0.5) is 0 Å². The first-order valence-corrected chi connectivity index (χ1v) is 5.76. The summed E-state index contributed by atoms with van der Waals surface area (Å²) in [6.07, 6.45) is 5.69. The van der Waals surface area contributed by atoms with Crippen LogP contribution in [0.1, 0.15) is 30.5 Å². The molecule has 16 heavy (non-hydrogen) atoms. The lowest BCUT2D eigenvalue weighted by atomic mass is 10.0. The molecule has 0 radical (unpaired) electrons. The maximum Gasteiger partial charge on any atom is 0.119 e. The molecule has 84 valence electrons. The Morgan fingerprint density at radius 1 is 1.00 bits per heavy atom. The number of aromatic nitrogens is 3. The van der Waals surface area contributed by atoms with Gasteiger partial charge in [0.1, 0.15) is 12.7 Å². The molecule has 0 fully saturated rings. The Bertz CT molecular complexity index is 446. The Morgan fingerprint density at radius 3 is 2.38 bits per heavy atom. The quantitative estimate of drug-likeness (QED) is 0.784. The summed E-state index contributed by atoms with van der Waals surface area (Å²) in [6.45, 7) is 5.25. The summed E-state index contributed by atoms with van der Waals surface area (Å²) in [5.74, 6) is 0. The molecule has 0 saturated heterocycles. The predicted octanol–water partition coefficient (Wildman–Crippen LogP) is 2.45. The fourth-order valence-corrected chi connectivity index (χ4v) is 1.88. The lowest BCUT2D eigenvalue weighted by molar-refractivity contribution is 0.783. The molecular weight excluding hydrogens is 198 g/mol. The molecule has 0 bridgehead atoms. The van der Waals surface area contributed by atoms with E-state index in [1.54, 1.807) is 12.7 Å². The lowest BCUT2D eigenvalue weighted by Crippen LogP contribution is -2.01. The first-order valence-electron chi connectivity index (χ1n) is 5.76. The van der Waals surface area contributed by atoms with E-state index in [1.165, 1.54) is 16.7 Å². The van der Waals surface area contributed by atoms with E-state index in [9.17, 15) is 0 Å². The predicted molar refractivity (Wildman–Crippen MR) is 64.3 cm³/mol. The summed E-state index contributed by atoms with van der Waals surface area (Å²) in [5, 5.41) is 7.64. The minimum Gasteiger partial charge on any atom is -0.316 e. The van der Waals surface area contributed by atoms with Gasteiger partial charge in [-0.25, -0.2) is 0 Å². The highest BCUT2D eigenvalue weighted by atomic mass is 15.2. The second-order valence-electron chi connectivity index (χ2n) is 3.94. The average molecular weight is 215 g/mol. The molecular formula is C13H17N3. The third-order valence-corrected chi connectivity index (χ3v) is 2.88. The van der Waals surface area contributed by atoms with E-state index in [0.717, 1.165) is 19.4 Å². The van der Waals surface area contributed by atoms with Crippen LogP contribution >= 0.6 is 0 Å². The van der Waals surface area contributed by atoms with Crippen LogP contribution in [0.2, 0.25) is 0 Å². The molecule has 0 unspecified atom stereocenters. The summed E-state index contributed by atoms with van der Waals surface area (Å²) < 4.78 is 2.00. The highest BCUT2D eigenvalue weighted by Crippen LogP contribution is 2.14. The molecule has 0 aliphatic rings. The van der Waals surface area contributed by atoms with Gasteiger partial charge in [-0.1, -0.05) is 32.0 Å². The Balaban J connectivity index is 2.26. The summed E-state index contributed by atoms with van der Waals surface area (Å²) in [6, 6.07) is 6.73. The zero-order valence-corrected chi connectivity index (χ0v) is 9.85. The van der Waals surface area contributed by atoms with Crippen molar-refractivity contribution in [2.45, 2.75) is 33.2 Å². The van der Waals surface area contributed by atoms with Crippen molar-refractivity contribution in [3.63, 3.8) is 0 Å². The first kappa shape index (κ1) is 10.9. The molecule has 0 saturated carbocycles. The SMILES string of the molecule is CCc1ccc(Cn2cnnc2)c(CC)c1. The van der Waals surface area contributed by atoms with Crippen LogP contribution < -0.4 is 0 Å². The lowest BCUT2D eigenvalue weighted by Gasteiger charge is -2.10. The molecule has 3 nitrogen and oxygen atoms in total. The fourth-order valence-electron chi connectivity index (χ4n) is 1.88. The van der Waals surface area contributed by atoms with E-state index < -0.39 is 0 Å². The van der Waals surface area contributed by atoms with Gasteiger partial charge in [0, 0.05) is 0 Å². The zero-order valence-electron chi connectivity index (χ0n) is 9.85. The van der Waals surface area contributed by atoms with Crippen molar-refractivity contribution in [1.82, 2.24) is 14.8 Å². The third-order valence-electron chi connectivity index (χ3n) is 2.88. The Labute approximate surface area is 96.1 Å². The van der Waals surface area contributed by atoms with E-state index in [2.05, 4.69) is 42.2 Å². The number of nitrogens with zero attached hydrogens (tertiary/aromatic N) is 3. The van der Waals surface area contributed by atoms with Gasteiger partial charge in [-0.3, -0.25) is 0 Å². The number of rotatable bonds is 4. The van der Waals surface area contributed by atoms with Crippen molar-refractivity contribution in [2.24, 2.45) is 0 Å². The van der Waals surface area contributed by atoms with Crippen LogP contribution in [0.15, 0.2) is 30.9 Å². The van der Waals surface area contributed by atoms with Crippen LogP contribution in [-0.2, 0) is 19.4 Å². The van der Waals surface area contributed by atoms with Crippen molar-refractivity contribution < 1.29 is 0 Å². The molecule has 0 aliphatic carbocycles. The molecule has 0 spiro atoms. The van der Waals surface area contributed by atoms with Crippen LogP contribution in [-0.4, -0.2) is 14.8 Å². The Kier molecular flexibility index (Phi) is 3.34. The summed E-state index contributed by atoms with van der Waals surface area (Å²) in [5.41, 5.74) is 4.19. The van der Waals surface area contributed by atoms with Gasteiger partial charge in [0.15, 0.2) is 0 Å². The number of aryl methyl sites for hydroxylation is 2. The Morgan fingerprint density at radius 2 is 1.75 bits per heavy atom. The van der Waals surface area contributed by atoms with Gasteiger partial charge in [0.25, 0.3) is 0 Å². The standard InChI is InChI=1S/C13H17N3/c1-3-11-5-6-13(12(4-2)7-11)8-16-9-14-15-10-16/h5-7,9-10H,3-4,8H2,1-2H3. The van der Waals surface area contributed by atoms with Crippen LogP contribution in [0.5, 0.6) is 0 Å². The number of hydrogen-bond acceptors (Lipinski definition) is 2. The van der Waals surface area contributed by atoms with Gasteiger partial charge < -0.3 is 4.57 Å². The van der Waals surface area contributed by atoms with Gasteiger partial charge in [-0.05, 0) is 29.5 Å². The topological polar surface area (TPSA) is 30.7 Å². The first-order chi connectivity index (χ1) is 7.83. The molecule has 2 aromatic rings. The van der Waals surface area contributed by atoms with E-state index in [-0.39, 0.29) is 0 Å². The second kappa shape index (κ2) is 4.92. The van der Waals surface area contributed by atoms with Crippen molar-refractivity contribution in [1.29, 1.82) is 0 Å². The van der Waals surface area contributed by atoms with Gasteiger partial charge in [-0.15, -0.1) is 10.2 Å². The fraction of sp³-hybridized carbons (Fsp3) is 0.385. The largest absolute Gasteiger partial charge is 0.316 e. The highest BCUT2D eigenvalue weighted by molar-refractivity contribution is 5.32. The summed E-state index contributed by atoms with van der Waals surface area (Å²) in [4.78, 5) is 0. The summed E-state index contributed by atoms with van der Waals surface area (Å²) in [7, 11) is 0. The number of benzene rings is 1. The van der Waals surface area contributed by atoms with E-state index >= 15 is 0 Å². The molecule has 3 heteroatoms. The van der Waals surface area contributed by atoms with E-state index in [1.807, 2.05) is 4.57 Å². The molecule has 0 aliphatic heterocycles. The second-order valence-corrected chi connectivity index (χ2v) is 3.94. The normalized spacial score (nSPS) is 10.6. The third kappa shape index (κ3) is 2.30. The van der Waals surface area contributed by atoms with Crippen molar-refractivity contribution >= 4 is 0 Å². The van der Waals surface area contributed by atoms with Gasteiger partial charge in [-0.2, -0.15) is 0 Å². The molecule has 0 atom stereocenters. The van der Waals surface area contributed by atoms with Crippen LogP contribution in [0, 0.1) is 0 Å². The van der Waals surface area contributed by atoms with Gasteiger partial charge in [0.2, 0.25) is 0 Å². The van der Waals surface area contributed by atoms with E-state index in [4.69, 9.17) is 0 Å². The molecule has 0 amide bonds. The van der Waals surface area contributed by atoms with Crippen LogP contribution in [0.3, 0.4) is 0 Å². The maximum absolute atomic E-state index is 3.82. The molecule has 2 rings (SSSR count). The molecule has 1 aromatic carbocycles.